The smallest absolute Gasteiger partial charge is 0.123 e. The van der Waals surface area contributed by atoms with E-state index in [1.807, 2.05) is 0 Å². The highest BCUT2D eigenvalue weighted by atomic mass is 32.2. The highest BCUT2D eigenvalue weighted by molar-refractivity contribution is 7.98. The molecular formula is C13H20O2S. The first kappa shape index (κ1) is 13.2. The van der Waals surface area contributed by atoms with Crippen LogP contribution < -0.4 is 0 Å². The lowest BCUT2D eigenvalue weighted by molar-refractivity contribution is 0.442. The van der Waals surface area contributed by atoms with Gasteiger partial charge in [0.2, 0.25) is 0 Å². The third-order valence-electron chi connectivity index (χ3n) is 2.52. The quantitative estimate of drug-likeness (QED) is 0.710. The van der Waals surface area contributed by atoms with E-state index in [0.717, 1.165) is 5.75 Å². The maximum Gasteiger partial charge on any atom is 0.123 e. The number of thioether (sulfide) groups is 1. The minimum absolute atomic E-state index is 0.195. The molecule has 0 aliphatic rings. The summed E-state index contributed by atoms with van der Waals surface area (Å²) in [6, 6.07) is 4.89. The Labute approximate surface area is 102 Å². The predicted molar refractivity (Wildman–Crippen MR) is 70.1 cm³/mol. The van der Waals surface area contributed by atoms with Gasteiger partial charge in [0.25, 0.3) is 0 Å². The van der Waals surface area contributed by atoms with Gasteiger partial charge in [-0.15, -0.1) is 0 Å². The number of phenols is 2. The van der Waals surface area contributed by atoms with Gasteiger partial charge < -0.3 is 10.2 Å². The van der Waals surface area contributed by atoms with Crippen LogP contribution in [0.3, 0.4) is 0 Å². The van der Waals surface area contributed by atoms with Gasteiger partial charge in [-0.3, -0.25) is 0 Å². The van der Waals surface area contributed by atoms with Gasteiger partial charge in [-0.05, 0) is 24.3 Å². The summed E-state index contributed by atoms with van der Waals surface area (Å²) in [7, 11) is 0. The first-order valence-corrected chi connectivity index (χ1v) is 6.98. The highest BCUT2D eigenvalue weighted by Crippen LogP contribution is 2.30. The second-order valence-corrected chi connectivity index (χ2v) is 4.99. The summed E-state index contributed by atoms with van der Waals surface area (Å²) in [5, 5.41) is 19.1. The van der Waals surface area contributed by atoms with Crippen molar-refractivity contribution < 1.29 is 10.2 Å². The van der Waals surface area contributed by atoms with Crippen molar-refractivity contribution >= 4 is 11.8 Å². The van der Waals surface area contributed by atoms with Crippen LogP contribution in [-0.2, 0) is 5.75 Å². The van der Waals surface area contributed by atoms with Crippen LogP contribution in [0.4, 0.5) is 0 Å². The number of benzene rings is 1. The van der Waals surface area contributed by atoms with Crippen molar-refractivity contribution in [2.45, 2.75) is 38.4 Å². The molecule has 0 aliphatic carbocycles. The molecule has 0 fully saturated rings. The lowest BCUT2D eigenvalue weighted by atomic mass is 10.2. The van der Waals surface area contributed by atoms with Crippen LogP contribution >= 0.6 is 11.8 Å². The molecule has 1 aromatic carbocycles. The summed E-state index contributed by atoms with van der Waals surface area (Å²) in [6.45, 7) is 2.20. The van der Waals surface area contributed by atoms with Gasteiger partial charge in [0.15, 0.2) is 0 Å². The standard InChI is InChI=1S/C13H20O2S/c1-2-3-4-5-9-16-10-11-12(14)7-6-8-13(11)15/h6-8,14-15H,2-5,9-10H2,1H3. The van der Waals surface area contributed by atoms with Crippen molar-refractivity contribution in [1.82, 2.24) is 0 Å². The fraction of sp³-hybridized carbons (Fsp3) is 0.538. The van der Waals surface area contributed by atoms with Crippen LogP contribution in [0.2, 0.25) is 0 Å². The molecule has 0 bridgehead atoms. The Morgan fingerprint density at radius 3 is 2.38 bits per heavy atom. The summed E-state index contributed by atoms with van der Waals surface area (Å²) >= 11 is 1.77. The fourth-order valence-corrected chi connectivity index (χ4v) is 2.57. The van der Waals surface area contributed by atoms with Gasteiger partial charge >= 0.3 is 0 Å². The molecule has 0 amide bonds. The number of aromatic hydroxyl groups is 2. The largest absolute Gasteiger partial charge is 0.507 e. The van der Waals surface area contributed by atoms with Gasteiger partial charge in [0.05, 0.1) is 0 Å². The molecule has 0 radical (unpaired) electrons. The van der Waals surface area contributed by atoms with Crippen molar-refractivity contribution in [2.24, 2.45) is 0 Å². The zero-order valence-corrected chi connectivity index (χ0v) is 10.6. The second-order valence-electron chi connectivity index (χ2n) is 3.89. The highest BCUT2D eigenvalue weighted by Gasteiger charge is 2.05. The molecule has 0 atom stereocenters. The van der Waals surface area contributed by atoms with Crippen molar-refractivity contribution in [1.29, 1.82) is 0 Å². The monoisotopic (exact) mass is 240 g/mol. The minimum atomic E-state index is 0.195. The lowest BCUT2D eigenvalue weighted by Gasteiger charge is -2.06. The van der Waals surface area contributed by atoms with E-state index in [4.69, 9.17) is 0 Å². The third-order valence-corrected chi connectivity index (χ3v) is 3.59. The Hall–Kier alpha value is -0.830. The zero-order valence-electron chi connectivity index (χ0n) is 9.78. The van der Waals surface area contributed by atoms with Crippen LogP contribution in [0, 0.1) is 0 Å². The zero-order chi connectivity index (χ0) is 11.8. The van der Waals surface area contributed by atoms with Gasteiger partial charge in [-0.25, -0.2) is 0 Å². The molecule has 2 N–H and O–H groups in total. The van der Waals surface area contributed by atoms with E-state index in [9.17, 15) is 10.2 Å². The summed E-state index contributed by atoms with van der Waals surface area (Å²) in [5.74, 6) is 2.17. The Bertz CT molecular complexity index is 293. The molecule has 0 heterocycles. The molecule has 3 heteroatoms. The molecule has 1 rings (SSSR count). The summed E-state index contributed by atoms with van der Waals surface area (Å²) in [5.41, 5.74) is 0.656. The van der Waals surface area contributed by atoms with Crippen molar-refractivity contribution in [3.63, 3.8) is 0 Å². The van der Waals surface area contributed by atoms with E-state index < -0.39 is 0 Å². The molecule has 0 aromatic heterocycles. The van der Waals surface area contributed by atoms with Crippen molar-refractivity contribution in [3.05, 3.63) is 23.8 Å². The van der Waals surface area contributed by atoms with E-state index in [-0.39, 0.29) is 11.5 Å². The second kappa shape index (κ2) is 7.44. The topological polar surface area (TPSA) is 40.5 Å². The fourth-order valence-electron chi connectivity index (χ4n) is 1.52. The van der Waals surface area contributed by atoms with Crippen LogP contribution in [0.5, 0.6) is 11.5 Å². The Morgan fingerprint density at radius 2 is 1.75 bits per heavy atom. The van der Waals surface area contributed by atoms with Crippen molar-refractivity contribution in [3.8, 4) is 11.5 Å². The van der Waals surface area contributed by atoms with Crippen LogP contribution in [0.25, 0.3) is 0 Å². The van der Waals surface area contributed by atoms with Crippen molar-refractivity contribution in [2.75, 3.05) is 5.75 Å². The molecule has 2 nitrogen and oxygen atoms in total. The molecule has 16 heavy (non-hydrogen) atoms. The Kier molecular flexibility index (Phi) is 6.16. The minimum Gasteiger partial charge on any atom is -0.507 e. The first-order valence-electron chi connectivity index (χ1n) is 5.83. The third kappa shape index (κ3) is 4.35. The van der Waals surface area contributed by atoms with Crippen LogP contribution in [0.15, 0.2) is 18.2 Å². The summed E-state index contributed by atoms with van der Waals surface area (Å²) < 4.78 is 0. The number of rotatable bonds is 7. The normalized spacial score (nSPS) is 10.6. The molecule has 0 unspecified atom stereocenters. The maximum atomic E-state index is 9.56. The molecule has 0 saturated carbocycles. The van der Waals surface area contributed by atoms with E-state index in [1.165, 1.54) is 25.7 Å². The van der Waals surface area contributed by atoms with Crippen LogP contribution in [0.1, 0.15) is 38.2 Å². The Balaban J connectivity index is 2.26. The lowest BCUT2D eigenvalue weighted by Crippen LogP contribution is -1.86. The van der Waals surface area contributed by atoms with Gasteiger partial charge in [0, 0.05) is 11.3 Å². The number of unbranched alkanes of at least 4 members (excludes halogenated alkanes) is 3. The first-order chi connectivity index (χ1) is 7.75. The average molecular weight is 240 g/mol. The van der Waals surface area contributed by atoms with E-state index in [1.54, 1.807) is 30.0 Å². The maximum absolute atomic E-state index is 9.56. The number of hydrogen-bond acceptors (Lipinski definition) is 3. The van der Waals surface area contributed by atoms with Gasteiger partial charge in [-0.1, -0.05) is 32.3 Å². The van der Waals surface area contributed by atoms with Gasteiger partial charge in [0.1, 0.15) is 11.5 Å². The SMILES string of the molecule is CCCCCCSCc1c(O)cccc1O. The number of phenolic OH excluding ortho intramolecular Hbond substituents is 2. The number of hydrogen-bond donors (Lipinski definition) is 2. The van der Waals surface area contributed by atoms with Gasteiger partial charge in [-0.2, -0.15) is 11.8 Å². The van der Waals surface area contributed by atoms with E-state index in [2.05, 4.69) is 6.92 Å². The molecule has 0 aliphatic heterocycles. The molecule has 1 aromatic rings. The molecular weight excluding hydrogens is 220 g/mol. The molecule has 0 saturated heterocycles. The predicted octanol–water partition coefficient (Wildman–Crippen LogP) is 3.91. The Morgan fingerprint density at radius 1 is 1.06 bits per heavy atom. The summed E-state index contributed by atoms with van der Waals surface area (Å²) in [4.78, 5) is 0. The molecule has 0 spiro atoms. The average Bonchev–Trinajstić information content (AvgIpc) is 2.26. The summed E-state index contributed by atoms with van der Waals surface area (Å²) in [6.07, 6.45) is 5.04. The molecule has 90 valence electrons. The van der Waals surface area contributed by atoms with Crippen LogP contribution in [-0.4, -0.2) is 16.0 Å². The van der Waals surface area contributed by atoms with E-state index >= 15 is 0 Å². The van der Waals surface area contributed by atoms with E-state index in [0.29, 0.717) is 11.3 Å².